The van der Waals surface area contributed by atoms with Crippen molar-refractivity contribution in [2.24, 2.45) is 29.6 Å². The van der Waals surface area contributed by atoms with Gasteiger partial charge in [0.2, 0.25) is 0 Å². The van der Waals surface area contributed by atoms with Gasteiger partial charge in [0, 0.05) is 0 Å². The van der Waals surface area contributed by atoms with Gasteiger partial charge in [0.15, 0.2) is 0 Å². The molecule has 156 valence electrons. The third-order valence-electron chi connectivity index (χ3n) is 7.86. The number of hydrogen-bond acceptors (Lipinski definition) is 1. The van der Waals surface area contributed by atoms with Crippen LogP contribution in [0, 0.1) is 35.0 Å². The molecule has 0 aromatic carbocycles. The molecular formula is C26H47N. The van der Waals surface area contributed by atoms with Gasteiger partial charge in [0.05, 0.1) is 0 Å². The molecule has 27 heavy (non-hydrogen) atoms. The Labute approximate surface area is 170 Å². The highest BCUT2D eigenvalue weighted by Crippen LogP contribution is 2.37. The average molecular weight is 374 g/mol. The van der Waals surface area contributed by atoms with Gasteiger partial charge in [-0.1, -0.05) is 64.5 Å². The fourth-order valence-electron chi connectivity index (χ4n) is 5.45. The van der Waals surface area contributed by atoms with E-state index in [9.17, 15) is 0 Å². The standard InChI is InChI=1S/C26H47N/c1-4-21(3)10-17-25(5-2)26-18-15-23(16-19-26)9-7-6-8-22-11-13-24(20-27)14-12-22/h17,20-24,26-27H,4-16,18-19H2,1-3H3/b25-17+,27-20?. The van der Waals surface area contributed by atoms with E-state index < -0.39 is 0 Å². The molecule has 1 N–H and O–H groups in total. The molecule has 1 heteroatoms. The van der Waals surface area contributed by atoms with Crippen LogP contribution in [0.5, 0.6) is 0 Å². The highest BCUT2D eigenvalue weighted by molar-refractivity contribution is 5.56. The second kappa shape index (κ2) is 12.8. The first kappa shape index (κ1) is 22.7. The summed E-state index contributed by atoms with van der Waals surface area (Å²) in [6.45, 7) is 7.07. The highest BCUT2D eigenvalue weighted by atomic mass is 14.4. The SMILES string of the molecule is CC/C(=C\CC(C)CC)C1CCC(CCCCC2CCC(C=N)CC2)CC1. The lowest BCUT2D eigenvalue weighted by molar-refractivity contribution is 0.266. The normalized spacial score (nSPS) is 30.9. The van der Waals surface area contributed by atoms with Crippen molar-refractivity contribution in [3.63, 3.8) is 0 Å². The van der Waals surface area contributed by atoms with E-state index in [0.717, 1.165) is 23.7 Å². The zero-order valence-corrected chi connectivity index (χ0v) is 18.6. The van der Waals surface area contributed by atoms with Crippen molar-refractivity contribution in [1.82, 2.24) is 0 Å². The summed E-state index contributed by atoms with van der Waals surface area (Å²) in [5, 5.41) is 7.42. The minimum atomic E-state index is 0.601. The van der Waals surface area contributed by atoms with Crippen molar-refractivity contribution in [2.45, 2.75) is 117 Å². The Bertz CT molecular complexity index is 421. The lowest BCUT2D eigenvalue weighted by Crippen LogP contribution is -2.17. The van der Waals surface area contributed by atoms with Crippen LogP contribution in [0.25, 0.3) is 0 Å². The van der Waals surface area contributed by atoms with Gasteiger partial charge >= 0.3 is 0 Å². The zero-order chi connectivity index (χ0) is 19.5. The molecule has 0 aliphatic heterocycles. The van der Waals surface area contributed by atoms with Gasteiger partial charge in [-0.2, -0.15) is 0 Å². The van der Waals surface area contributed by atoms with Gasteiger partial charge in [0.1, 0.15) is 0 Å². The van der Waals surface area contributed by atoms with E-state index in [-0.39, 0.29) is 0 Å². The summed E-state index contributed by atoms with van der Waals surface area (Å²) in [4.78, 5) is 0. The second-order valence-corrected chi connectivity index (χ2v) is 9.83. The van der Waals surface area contributed by atoms with Crippen LogP contribution in [-0.2, 0) is 0 Å². The fraction of sp³-hybridized carbons (Fsp3) is 0.885. The molecule has 2 aliphatic rings. The molecular weight excluding hydrogens is 326 g/mol. The Balaban J connectivity index is 1.58. The molecule has 2 saturated carbocycles. The van der Waals surface area contributed by atoms with Crippen molar-refractivity contribution in [3.8, 4) is 0 Å². The molecule has 1 nitrogen and oxygen atoms in total. The molecule has 0 spiro atoms. The van der Waals surface area contributed by atoms with E-state index in [0.29, 0.717) is 5.92 Å². The van der Waals surface area contributed by atoms with Gasteiger partial charge in [-0.15, -0.1) is 0 Å². The van der Waals surface area contributed by atoms with E-state index >= 15 is 0 Å². The summed E-state index contributed by atoms with van der Waals surface area (Å²) in [7, 11) is 0. The van der Waals surface area contributed by atoms with E-state index in [1.165, 1.54) is 96.3 Å². The van der Waals surface area contributed by atoms with Crippen molar-refractivity contribution in [1.29, 1.82) is 5.41 Å². The second-order valence-electron chi connectivity index (χ2n) is 9.83. The minimum absolute atomic E-state index is 0.601. The Kier molecular flexibility index (Phi) is 10.7. The van der Waals surface area contributed by atoms with Crippen molar-refractivity contribution < 1.29 is 0 Å². The molecule has 0 amide bonds. The molecule has 0 saturated heterocycles. The van der Waals surface area contributed by atoms with Crippen LogP contribution in [0.2, 0.25) is 0 Å². The van der Waals surface area contributed by atoms with E-state index in [1.54, 1.807) is 11.8 Å². The fourth-order valence-corrected chi connectivity index (χ4v) is 5.45. The maximum atomic E-state index is 7.42. The first-order valence-electron chi connectivity index (χ1n) is 12.4. The molecule has 1 atom stereocenters. The topological polar surface area (TPSA) is 23.9 Å². The highest BCUT2D eigenvalue weighted by Gasteiger charge is 2.23. The number of rotatable bonds is 11. The van der Waals surface area contributed by atoms with Gasteiger partial charge in [-0.3, -0.25) is 0 Å². The van der Waals surface area contributed by atoms with Crippen LogP contribution in [-0.4, -0.2) is 6.21 Å². The van der Waals surface area contributed by atoms with Crippen LogP contribution < -0.4 is 0 Å². The van der Waals surface area contributed by atoms with Gasteiger partial charge < -0.3 is 5.41 Å². The predicted molar refractivity (Wildman–Crippen MR) is 121 cm³/mol. The molecule has 1 unspecified atom stereocenters. The van der Waals surface area contributed by atoms with E-state index in [1.807, 2.05) is 0 Å². The molecule has 0 radical (unpaired) electrons. The van der Waals surface area contributed by atoms with Crippen LogP contribution in [0.4, 0.5) is 0 Å². The van der Waals surface area contributed by atoms with Crippen molar-refractivity contribution >= 4 is 6.21 Å². The summed E-state index contributed by atoms with van der Waals surface area (Å²) in [6.07, 6.45) is 25.2. The number of unbranched alkanes of at least 4 members (excludes halogenated alkanes) is 1. The first-order chi connectivity index (χ1) is 13.2. The summed E-state index contributed by atoms with van der Waals surface area (Å²) in [5.74, 6) is 4.34. The van der Waals surface area contributed by atoms with Crippen molar-refractivity contribution in [3.05, 3.63) is 11.6 Å². The molecule has 0 bridgehead atoms. The maximum absolute atomic E-state index is 7.42. The summed E-state index contributed by atoms with van der Waals surface area (Å²) in [6, 6.07) is 0. The molecule has 0 heterocycles. The minimum Gasteiger partial charge on any atom is -0.313 e. The third-order valence-corrected chi connectivity index (χ3v) is 7.86. The molecule has 2 aliphatic carbocycles. The Morgan fingerprint density at radius 1 is 0.889 bits per heavy atom. The largest absolute Gasteiger partial charge is 0.313 e. The van der Waals surface area contributed by atoms with Gasteiger partial charge in [0.25, 0.3) is 0 Å². The van der Waals surface area contributed by atoms with Crippen molar-refractivity contribution in [2.75, 3.05) is 0 Å². The van der Waals surface area contributed by atoms with Gasteiger partial charge in [-0.05, 0) is 100 Å². The van der Waals surface area contributed by atoms with Crippen LogP contribution in [0.1, 0.15) is 117 Å². The summed E-state index contributed by atoms with van der Waals surface area (Å²) < 4.78 is 0. The monoisotopic (exact) mass is 373 g/mol. The summed E-state index contributed by atoms with van der Waals surface area (Å²) >= 11 is 0. The quantitative estimate of drug-likeness (QED) is 0.213. The maximum Gasteiger partial charge on any atom is -0.00167 e. The molecule has 0 aromatic rings. The Hall–Kier alpha value is -0.590. The molecule has 0 aromatic heterocycles. The lowest BCUT2D eigenvalue weighted by Gasteiger charge is -2.30. The van der Waals surface area contributed by atoms with Crippen LogP contribution >= 0.6 is 0 Å². The predicted octanol–water partition coefficient (Wildman–Crippen LogP) is 8.58. The van der Waals surface area contributed by atoms with E-state index in [2.05, 4.69) is 26.8 Å². The Morgan fingerprint density at radius 3 is 1.93 bits per heavy atom. The molecule has 2 fully saturated rings. The molecule has 2 rings (SSSR count). The number of nitrogens with one attached hydrogen (secondary N) is 1. The van der Waals surface area contributed by atoms with E-state index in [4.69, 9.17) is 5.41 Å². The van der Waals surface area contributed by atoms with Crippen LogP contribution in [0.15, 0.2) is 11.6 Å². The zero-order valence-electron chi connectivity index (χ0n) is 18.6. The number of allylic oxidation sites excluding steroid dienone is 2. The lowest BCUT2D eigenvalue weighted by atomic mass is 9.75. The Morgan fingerprint density at radius 2 is 1.44 bits per heavy atom. The first-order valence-corrected chi connectivity index (χ1v) is 12.4. The number of hydrogen-bond donors (Lipinski definition) is 1. The van der Waals surface area contributed by atoms with Crippen LogP contribution in [0.3, 0.4) is 0 Å². The van der Waals surface area contributed by atoms with Gasteiger partial charge in [-0.25, -0.2) is 0 Å². The smallest absolute Gasteiger partial charge is 0.00167 e. The average Bonchev–Trinajstić information content (AvgIpc) is 2.72. The summed E-state index contributed by atoms with van der Waals surface area (Å²) in [5.41, 5.74) is 1.77. The third kappa shape index (κ3) is 8.12.